The fourth-order valence-corrected chi connectivity index (χ4v) is 3.85. The molecule has 6 heteroatoms. The van der Waals surface area contributed by atoms with Crippen LogP contribution in [-0.2, 0) is 21.9 Å². The second kappa shape index (κ2) is 12.0. The summed E-state index contributed by atoms with van der Waals surface area (Å²) in [5.74, 6) is 0.873. The molecule has 0 fully saturated rings. The van der Waals surface area contributed by atoms with E-state index in [1.807, 2.05) is 69.3 Å². The topological polar surface area (TPSA) is 49.4 Å². The van der Waals surface area contributed by atoms with Crippen LogP contribution in [0.1, 0.15) is 43.9 Å². The summed E-state index contributed by atoms with van der Waals surface area (Å²) in [7, 11) is 0. The van der Waals surface area contributed by atoms with E-state index in [2.05, 4.69) is 5.32 Å². The summed E-state index contributed by atoms with van der Waals surface area (Å²) in [5, 5.41) is 3.69. The van der Waals surface area contributed by atoms with E-state index in [4.69, 9.17) is 11.6 Å². The van der Waals surface area contributed by atoms with E-state index in [-0.39, 0.29) is 17.9 Å². The number of carbonyl (C=O) groups excluding carboxylic acids is 2. The Morgan fingerprint density at radius 1 is 1.03 bits per heavy atom. The molecule has 2 amide bonds. The molecule has 0 radical (unpaired) electrons. The van der Waals surface area contributed by atoms with Crippen LogP contribution in [0.3, 0.4) is 0 Å². The number of nitrogens with one attached hydrogen (secondary N) is 1. The second-order valence-corrected chi connectivity index (χ2v) is 9.04. The van der Waals surface area contributed by atoms with Gasteiger partial charge in [-0.15, -0.1) is 11.8 Å². The number of thioether (sulfide) groups is 1. The standard InChI is InChI=1S/C24H31ClN2O2S/c1-5-18(3)26-24(29)19(4)27(14-20-8-6-17(2)7-9-20)23(28)16-30-15-21-10-12-22(25)13-11-21/h6-13,18-19H,5,14-16H2,1-4H3,(H,26,29)/t18-,19+/m1/s1. The lowest BCUT2D eigenvalue weighted by molar-refractivity contribution is -0.138. The van der Waals surface area contributed by atoms with Gasteiger partial charge in [0.2, 0.25) is 11.8 Å². The Labute approximate surface area is 189 Å². The number of aryl methyl sites for hydroxylation is 1. The highest BCUT2D eigenvalue weighted by Gasteiger charge is 2.26. The summed E-state index contributed by atoms with van der Waals surface area (Å²) >= 11 is 7.47. The van der Waals surface area contributed by atoms with Crippen molar-refractivity contribution in [1.82, 2.24) is 10.2 Å². The van der Waals surface area contributed by atoms with E-state index >= 15 is 0 Å². The maximum absolute atomic E-state index is 13.1. The molecule has 0 aliphatic heterocycles. The first-order chi connectivity index (χ1) is 14.3. The van der Waals surface area contributed by atoms with Gasteiger partial charge in [-0.3, -0.25) is 9.59 Å². The van der Waals surface area contributed by atoms with E-state index in [1.165, 1.54) is 0 Å². The van der Waals surface area contributed by atoms with Gasteiger partial charge in [0.05, 0.1) is 5.75 Å². The van der Waals surface area contributed by atoms with Gasteiger partial charge in [-0.25, -0.2) is 0 Å². The van der Waals surface area contributed by atoms with E-state index < -0.39 is 6.04 Å². The Morgan fingerprint density at radius 2 is 1.63 bits per heavy atom. The lowest BCUT2D eigenvalue weighted by Gasteiger charge is -2.29. The molecule has 0 saturated heterocycles. The average Bonchev–Trinajstić information content (AvgIpc) is 2.74. The van der Waals surface area contributed by atoms with Crippen molar-refractivity contribution in [2.24, 2.45) is 0 Å². The molecule has 0 spiro atoms. The summed E-state index contributed by atoms with van der Waals surface area (Å²) < 4.78 is 0. The van der Waals surface area contributed by atoms with Crippen molar-refractivity contribution >= 4 is 35.2 Å². The first-order valence-corrected chi connectivity index (χ1v) is 11.8. The quantitative estimate of drug-likeness (QED) is 0.544. The fraction of sp³-hybridized carbons (Fsp3) is 0.417. The Kier molecular flexibility index (Phi) is 9.73. The highest BCUT2D eigenvalue weighted by Crippen LogP contribution is 2.18. The maximum atomic E-state index is 13.1. The largest absolute Gasteiger partial charge is 0.352 e. The third kappa shape index (κ3) is 7.69. The van der Waals surface area contributed by atoms with Gasteiger partial charge in [0.25, 0.3) is 0 Å². The zero-order valence-corrected chi connectivity index (χ0v) is 19.7. The molecule has 0 heterocycles. The van der Waals surface area contributed by atoms with Crippen molar-refractivity contribution in [1.29, 1.82) is 0 Å². The summed E-state index contributed by atoms with van der Waals surface area (Å²) in [4.78, 5) is 27.4. The molecular formula is C24H31ClN2O2S. The second-order valence-electron chi connectivity index (χ2n) is 7.62. The van der Waals surface area contributed by atoms with Crippen LogP contribution in [0.15, 0.2) is 48.5 Å². The number of halogens is 1. The minimum atomic E-state index is -0.538. The molecule has 162 valence electrons. The SMILES string of the molecule is CC[C@@H](C)NC(=O)[C@H](C)N(Cc1ccc(C)cc1)C(=O)CSCc1ccc(Cl)cc1. The molecule has 2 atom stereocenters. The normalized spacial score (nSPS) is 12.8. The molecule has 0 unspecified atom stereocenters. The monoisotopic (exact) mass is 446 g/mol. The zero-order valence-electron chi connectivity index (χ0n) is 18.2. The summed E-state index contributed by atoms with van der Waals surface area (Å²) in [6.07, 6.45) is 0.849. The third-order valence-corrected chi connectivity index (χ3v) is 6.29. The Morgan fingerprint density at radius 3 is 2.23 bits per heavy atom. The zero-order chi connectivity index (χ0) is 22.1. The van der Waals surface area contributed by atoms with Crippen LogP contribution < -0.4 is 5.32 Å². The number of hydrogen-bond acceptors (Lipinski definition) is 3. The van der Waals surface area contributed by atoms with Crippen LogP contribution >= 0.6 is 23.4 Å². The van der Waals surface area contributed by atoms with Crippen LogP contribution in [-0.4, -0.2) is 34.6 Å². The number of rotatable bonds is 10. The van der Waals surface area contributed by atoms with Crippen molar-refractivity contribution in [3.05, 3.63) is 70.2 Å². The van der Waals surface area contributed by atoms with Gasteiger partial charge in [0.1, 0.15) is 6.04 Å². The maximum Gasteiger partial charge on any atom is 0.242 e. The highest BCUT2D eigenvalue weighted by molar-refractivity contribution is 7.99. The van der Waals surface area contributed by atoms with E-state index in [9.17, 15) is 9.59 Å². The first kappa shape index (κ1) is 24.3. The van der Waals surface area contributed by atoms with Crippen LogP contribution in [0, 0.1) is 6.92 Å². The van der Waals surface area contributed by atoms with Gasteiger partial charge in [-0.05, 0) is 50.5 Å². The Bertz CT molecular complexity index is 824. The summed E-state index contributed by atoms with van der Waals surface area (Å²) in [6, 6.07) is 15.2. The number of amides is 2. The van der Waals surface area contributed by atoms with Crippen molar-refractivity contribution < 1.29 is 9.59 Å². The molecule has 0 aliphatic carbocycles. The molecule has 0 aliphatic rings. The molecule has 30 heavy (non-hydrogen) atoms. The molecular weight excluding hydrogens is 416 g/mol. The Hall–Kier alpha value is -1.98. The highest BCUT2D eigenvalue weighted by atomic mass is 35.5. The molecule has 2 aromatic rings. The van der Waals surface area contributed by atoms with Crippen LogP contribution in [0.5, 0.6) is 0 Å². The molecule has 1 N–H and O–H groups in total. The van der Waals surface area contributed by atoms with Gasteiger partial charge < -0.3 is 10.2 Å². The molecule has 0 bridgehead atoms. The van der Waals surface area contributed by atoms with Crippen molar-refractivity contribution in [3.63, 3.8) is 0 Å². The van der Waals surface area contributed by atoms with E-state index in [1.54, 1.807) is 23.6 Å². The summed E-state index contributed by atoms with van der Waals surface area (Å²) in [5.41, 5.74) is 3.29. The van der Waals surface area contributed by atoms with Crippen LogP contribution in [0.25, 0.3) is 0 Å². The molecule has 4 nitrogen and oxygen atoms in total. The number of carbonyl (C=O) groups is 2. The smallest absolute Gasteiger partial charge is 0.242 e. The first-order valence-electron chi connectivity index (χ1n) is 10.3. The molecule has 0 saturated carbocycles. The molecule has 2 aromatic carbocycles. The van der Waals surface area contributed by atoms with Gasteiger partial charge in [0, 0.05) is 23.4 Å². The minimum Gasteiger partial charge on any atom is -0.352 e. The lowest BCUT2D eigenvalue weighted by Crippen LogP contribution is -2.50. The fourth-order valence-electron chi connectivity index (χ4n) is 2.86. The molecule has 2 rings (SSSR count). The average molecular weight is 447 g/mol. The van der Waals surface area contributed by atoms with Crippen molar-refractivity contribution in [2.75, 3.05) is 5.75 Å². The van der Waals surface area contributed by atoms with Gasteiger partial charge in [0.15, 0.2) is 0 Å². The number of nitrogens with zero attached hydrogens (tertiary/aromatic N) is 1. The van der Waals surface area contributed by atoms with E-state index in [0.29, 0.717) is 23.1 Å². The molecule has 0 aromatic heterocycles. The van der Waals surface area contributed by atoms with Crippen LogP contribution in [0.2, 0.25) is 5.02 Å². The lowest BCUT2D eigenvalue weighted by atomic mass is 10.1. The van der Waals surface area contributed by atoms with Gasteiger partial charge in [-0.1, -0.05) is 60.5 Å². The van der Waals surface area contributed by atoms with Gasteiger partial charge >= 0.3 is 0 Å². The van der Waals surface area contributed by atoms with Crippen LogP contribution in [0.4, 0.5) is 0 Å². The predicted octanol–water partition coefficient (Wildman–Crippen LogP) is 5.21. The van der Waals surface area contributed by atoms with Crippen molar-refractivity contribution in [2.45, 2.75) is 58.5 Å². The van der Waals surface area contributed by atoms with E-state index in [0.717, 1.165) is 23.1 Å². The predicted molar refractivity (Wildman–Crippen MR) is 127 cm³/mol. The summed E-state index contributed by atoms with van der Waals surface area (Å²) in [6.45, 7) is 8.24. The third-order valence-electron chi connectivity index (χ3n) is 5.05. The Balaban J connectivity index is 2.06. The number of hydrogen-bond donors (Lipinski definition) is 1. The number of benzene rings is 2. The van der Waals surface area contributed by atoms with Crippen molar-refractivity contribution in [3.8, 4) is 0 Å². The van der Waals surface area contributed by atoms with Gasteiger partial charge in [-0.2, -0.15) is 0 Å². The minimum absolute atomic E-state index is 0.0404.